The average molecular weight is 346 g/mol. The number of halogens is 2. The highest BCUT2D eigenvalue weighted by Gasteiger charge is 2.05. The van der Waals surface area contributed by atoms with E-state index in [1.165, 1.54) is 12.1 Å². The van der Waals surface area contributed by atoms with Crippen LogP contribution in [0.5, 0.6) is 5.75 Å². The van der Waals surface area contributed by atoms with E-state index in [4.69, 9.17) is 32.7 Å². The number of hydrogen-bond acceptors (Lipinski definition) is 5. The van der Waals surface area contributed by atoms with Crippen LogP contribution in [0.4, 0.5) is 10.1 Å². The zero-order valence-electron chi connectivity index (χ0n) is 12.4. The van der Waals surface area contributed by atoms with Crippen LogP contribution in [0.2, 0.25) is 5.02 Å². The SMILES string of the molecule is N#C/C(=N\Nc1ccc(OCc2cccc(F)c2)cc1Cl)C(=N)N. The van der Waals surface area contributed by atoms with E-state index >= 15 is 0 Å². The number of anilines is 1. The number of ether oxygens (including phenoxy) is 1. The molecule has 0 aliphatic carbocycles. The molecule has 0 aromatic heterocycles. The second-order valence-electron chi connectivity index (χ2n) is 4.66. The molecule has 0 aliphatic heterocycles. The Morgan fingerprint density at radius 3 is 2.79 bits per heavy atom. The molecule has 0 atom stereocenters. The summed E-state index contributed by atoms with van der Waals surface area (Å²) in [6.07, 6.45) is 0. The highest BCUT2D eigenvalue weighted by atomic mass is 35.5. The predicted octanol–water partition coefficient (Wildman–Crippen LogP) is 3.29. The Morgan fingerprint density at radius 1 is 1.38 bits per heavy atom. The Labute approximate surface area is 142 Å². The highest BCUT2D eigenvalue weighted by Crippen LogP contribution is 2.27. The van der Waals surface area contributed by atoms with Crippen LogP contribution in [0, 0.1) is 22.6 Å². The number of nitrogens with two attached hydrogens (primary N) is 1. The second kappa shape index (κ2) is 7.94. The second-order valence-corrected chi connectivity index (χ2v) is 5.07. The lowest BCUT2D eigenvalue weighted by Gasteiger charge is -2.09. The van der Waals surface area contributed by atoms with Crippen LogP contribution in [0.1, 0.15) is 5.56 Å². The molecule has 2 rings (SSSR count). The first-order valence-corrected chi connectivity index (χ1v) is 7.12. The van der Waals surface area contributed by atoms with Gasteiger partial charge in [-0.1, -0.05) is 23.7 Å². The van der Waals surface area contributed by atoms with Crippen molar-refractivity contribution in [2.45, 2.75) is 6.61 Å². The van der Waals surface area contributed by atoms with E-state index in [1.54, 1.807) is 36.4 Å². The van der Waals surface area contributed by atoms with Gasteiger partial charge in [-0.25, -0.2) is 4.39 Å². The summed E-state index contributed by atoms with van der Waals surface area (Å²) in [5.74, 6) is -0.285. The van der Waals surface area contributed by atoms with Crippen LogP contribution in [0.3, 0.4) is 0 Å². The minimum atomic E-state index is -0.448. The Balaban J connectivity index is 2.04. The van der Waals surface area contributed by atoms with E-state index in [0.717, 1.165) is 0 Å². The molecule has 4 N–H and O–H groups in total. The lowest BCUT2D eigenvalue weighted by atomic mass is 10.2. The zero-order valence-corrected chi connectivity index (χ0v) is 13.1. The monoisotopic (exact) mass is 345 g/mol. The molecule has 8 heteroatoms. The maximum absolute atomic E-state index is 13.1. The molecule has 0 saturated heterocycles. The summed E-state index contributed by atoms with van der Waals surface area (Å²) in [5.41, 5.74) is 8.61. The largest absolute Gasteiger partial charge is 0.489 e. The molecule has 0 amide bonds. The van der Waals surface area contributed by atoms with Crippen molar-refractivity contribution in [1.82, 2.24) is 0 Å². The molecule has 24 heavy (non-hydrogen) atoms. The van der Waals surface area contributed by atoms with Crippen molar-refractivity contribution in [2.75, 3.05) is 5.43 Å². The number of benzene rings is 2. The number of nitriles is 1. The summed E-state index contributed by atoms with van der Waals surface area (Å²) in [5, 5.41) is 19.9. The Kier molecular flexibility index (Phi) is 5.71. The molecule has 6 nitrogen and oxygen atoms in total. The standard InChI is InChI=1S/C16H13ClFN5O/c17-13-7-12(24-9-10-2-1-3-11(18)6-10)4-5-14(13)22-23-15(8-19)16(20)21/h1-7,22H,9H2,(H3,20,21)/b23-15+. The van der Waals surface area contributed by atoms with Crippen molar-refractivity contribution in [3.63, 3.8) is 0 Å². The van der Waals surface area contributed by atoms with Crippen LogP contribution in [-0.2, 0) is 6.61 Å². The van der Waals surface area contributed by atoms with Gasteiger partial charge in [0.05, 0.1) is 10.7 Å². The number of hydrogen-bond donors (Lipinski definition) is 3. The van der Waals surface area contributed by atoms with Crippen LogP contribution in [0.25, 0.3) is 0 Å². The maximum atomic E-state index is 13.1. The van der Waals surface area contributed by atoms with E-state index in [-0.39, 0.29) is 18.1 Å². The van der Waals surface area contributed by atoms with Gasteiger partial charge in [-0.2, -0.15) is 10.4 Å². The normalized spacial score (nSPS) is 10.8. The molecule has 0 unspecified atom stereocenters. The molecule has 0 fully saturated rings. The summed E-state index contributed by atoms with van der Waals surface area (Å²) in [4.78, 5) is 0. The number of nitrogens with one attached hydrogen (secondary N) is 2. The highest BCUT2D eigenvalue weighted by molar-refractivity contribution is 6.46. The molecule has 0 bridgehead atoms. The molecule has 2 aromatic rings. The van der Waals surface area contributed by atoms with E-state index in [9.17, 15) is 4.39 Å². The van der Waals surface area contributed by atoms with Gasteiger partial charge in [0.1, 0.15) is 24.2 Å². The van der Waals surface area contributed by atoms with Crippen molar-refractivity contribution in [1.29, 1.82) is 10.7 Å². The van der Waals surface area contributed by atoms with Crippen molar-refractivity contribution in [3.05, 3.63) is 58.9 Å². The third-order valence-electron chi connectivity index (χ3n) is 2.88. The third-order valence-corrected chi connectivity index (χ3v) is 3.20. The fraction of sp³-hybridized carbons (Fsp3) is 0.0625. The van der Waals surface area contributed by atoms with Gasteiger partial charge in [0.2, 0.25) is 5.71 Å². The van der Waals surface area contributed by atoms with Gasteiger partial charge in [-0.15, -0.1) is 0 Å². The fourth-order valence-corrected chi connectivity index (χ4v) is 1.94. The quantitative estimate of drug-likeness (QED) is 0.424. The smallest absolute Gasteiger partial charge is 0.201 e. The minimum absolute atomic E-state index is 0.196. The molecule has 122 valence electrons. The molecule has 0 aliphatic rings. The predicted molar refractivity (Wildman–Crippen MR) is 90.8 cm³/mol. The van der Waals surface area contributed by atoms with E-state index in [0.29, 0.717) is 22.0 Å². The fourth-order valence-electron chi connectivity index (χ4n) is 1.73. The topological polar surface area (TPSA) is 107 Å². The minimum Gasteiger partial charge on any atom is -0.489 e. The molecule has 0 radical (unpaired) electrons. The first-order valence-electron chi connectivity index (χ1n) is 6.74. The summed E-state index contributed by atoms with van der Waals surface area (Å²) in [6.45, 7) is 0.196. The van der Waals surface area contributed by atoms with Crippen molar-refractivity contribution >= 4 is 28.8 Å². The van der Waals surface area contributed by atoms with Crippen LogP contribution in [-0.4, -0.2) is 11.5 Å². The van der Waals surface area contributed by atoms with Gasteiger partial charge in [-0.05, 0) is 29.8 Å². The van der Waals surface area contributed by atoms with Crippen molar-refractivity contribution in [3.8, 4) is 11.8 Å². The molecule has 0 heterocycles. The molecule has 0 spiro atoms. The van der Waals surface area contributed by atoms with Crippen LogP contribution < -0.4 is 15.9 Å². The zero-order chi connectivity index (χ0) is 17.5. The van der Waals surface area contributed by atoms with E-state index in [2.05, 4.69) is 10.5 Å². The van der Waals surface area contributed by atoms with Crippen molar-refractivity contribution < 1.29 is 9.13 Å². The molecular weight excluding hydrogens is 333 g/mol. The lowest BCUT2D eigenvalue weighted by Crippen LogP contribution is -2.21. The van der Waals surface area contributed by atoms with Crippen LogP contribution >= 0.6 is 11.6 Å². The summed E-state index contributed by atoms with van der Waals surface area (Å²) in [7, 11) is 0. The Hall–Kier alpha value is -3.11. The van der Waals surface area contributed by atoms with E-state index < -0.39 is 5.84 Å². The first-order chi connectivity index (χ1) is 11.5. The van der Waals surface area contributed by atoms with Gasteiger partial charge in [0.15, 0.2) is 5.84 Å². The Bertz CT molecular complexity index is 831. The van der Waals surface area contributed by atoms with Crippen LogP contribution in [0.15, 0.2) is 47.6 Å². The summed E-state index contributed by atoms with van der Waals surface area (Å²) >= 11 is 6.10. The van der Waals surface area contributed by atoms with Crippen molar-refractivity contribution in [2.24, 2.45) is 10.8 Å². The summed E-state index contributed by atoms with van der Waals surface area (Å²) < 4.78 is 18.6. The first kappa shape index (κ1) is 17.2. The molecule has 0 saturated carbocycles. The van der Waals surface area contributed by atoms with Gasteiger partial charge < -0.3 is 10.5 Å². The number of hydrazone groups is 1. The van der Waals surface area contributed by atoms with E-state index in [1.807, 2.05) is 0 Å². The number of rotatable bonds is 6. The van der Waals surface area contributed by atoms with Gasteiger partial charge in [-0.3, -0.25) is 10.8 Å². The number of nitrogens with zero attached hydrogens (tertiary/aromatic N) is 2. The summed E-state index contributed by atoms with van der Waals surface area (Å²) in [6, 6.07) is 12.6. The molecular formula is C16H13ClFN5O. The van der Waals surface area contributed by atoms with Gasteiger partial charge in [0, 0.05) is 6.07 Å². The Morgan fingerprint density at radius 2 is 2.17 bits per heavy atom. The number of amidine groups is 1. The maximum Gasteiger partial charge on any atom is 0.201 e. The van der Waals surface area contributed by atoms with Gasteiger partial charge >= 0.3 is 0 Å². The molecule has 2 aromatic carbocycles. The van der Waals surface area contributed by atoms with Gasteiger partial charge in [0.25, 0.3) is 0 Å². The third kappa shape index (κ3) is 4.69. The lowest BCUT2D eigenvalue weighted by molar-refractivity contribution is 0.305. The average Bonchev–Trinajstić information content (AvgIpc) is 2.55.